The number of fused-ring (bicyclic) bond motifs is 1. The van der Waals surface area contributed by atoms with E-state index in [-0.39, 0.29) is 5.56 Å². The van der Waals surface area contributed by atoms with Gasteiger partial charge in [-0.3, -0.25) is 4.79 Å². The number of thiophene rings is 1. The number of aryl methyl sites for hydroxylation is 2. The van der Waals surface area contributed by atoms with E-state index in [1.54, 1.807) is 0 Å². The number of aromatic amines is 1. The summed E-state index contributed by atoms with van der Waals surface area (Å²) in [6, 6.07) is 5.76. The van der Waals surface area contributed by atoms with Crippen LogP contribution in [0.5, 0.6) is 0 Å². The first kappa shape index (κ1) is 11.1. The van der Waals surface area contributed by atoms with Gasteiger partial charge < -0.3 is 4.98 Å². The number of rotatable bonds is 1. The van der Waals surface area contributed by atoms with Crippen LogP contribution in [-0.2, 0) is 0 Å². The van der Waals surface area contributed by atoms with Crippen molar-refractivity contribution in [3.05, 3.63) is 45.2 Å². The van der Waals surface area contributed by atoms with E-state index in [9.17, 15) is 4.79 Å². The Kier molecular flexibility index (Phi) is 2.48. The molecule has 3 aromatic rings. The van der Waals surface area contributed by atoms with E-state index in [0.29, 0.717) is 16.2 Å². The van der Waals surface area contributed by atoms with Crippen LogP contribution in [0.2, 0.25) is 0 Å². The highest BCUT2D eigenvalue weighted by molar-refractivity contribution is 7.17. The van der Waals surface area contributed by atoms with Gasteiger partial charge in [-0.1, -0.05) is 0 Å². The van der Waals surface area contributed by atoms with Crippen LogP contribution < -0.4 is 5.56 Å². The molecule has 3 aromatic heterocycles. The van der Waals surface area contributed by atoms with Crippen LogP contribution in [-0.4, -0.2) is 15.0 Å². The van der Waals surface area contributed by atoms with Crippen molar-refractivity contribution in [1.29, 1.82) is 0 Å². The highest BCUT2D eigenvalue weighted by Gasteiger charge is 2.08. The Labute approximate surface area is 107 Å². The number of nitrogens with one attached hydrogen (secondary N) is 1. The summed E-state index contributed by atoms with van der Waals surface area (Å²) in [5, 5.41) is 1.87. The fourth-order valence-corrected chi connectivity index (χ4v) is 2.68. The fourth-order valence-electron chi connectivity index (χ4n) is 1.96. The molecule has 0 unspecified atom stereocenters. The van der Waals surface area contributed by atoms with Gasteiger partial charge in [0.05, 0.1) is 5.52 Å². The average Bonchev–Trinajstić information content (AvgIpc) is 2.76. The van der Waals surface area contributed by atoms with Gasteiger partial charge >= 0.3 is 0 Å². The van der Waals surface area contributed by atoms with Crippen molar-refractivity contribution < 1.29 is 0 Å². The Hall–Kier alpha value is -2.01. The van der Waals surface area contributed by atoms with Gasteiger partial charge in [-0.05, 0) is 43.0 Å². The topological polar surface area (TPSA) is 58.6 Å². The maximum atomic E-state index is 11.9. The molecule has 90 valence electrons. The van der Waals surface area contributed by atoms with Gasteiger partial charge in [-0.2, -0.15) is 0 Å². The maximum Gasteiger partial charge on any atom is 0.269 e. The number of aromatic nitrogens is 3. The van der Waals surface area contributed by atoms with E-state index in [0.717, 1.165) is 16.8 Å². The zero-order valence-corrected chi connectivity index (χ0v) is 10.8. The zero-order valence-electron chi connectivity index (χ0n) is 10.0. The third kappa shape index (κ3) is 1.82. The molecule has 0 atom stereocenters. The number of H-pyrrole nitrogens is 1. The van der Waals surface area contributed by atoms with Gasteiger partial charge in [-0.15, -0.1) is 11.3 Å². The lowest BCUT2D eigenvalue weighted by Gasteiger charge is -2.03. The largest absolute Gasteiger partial charge is 0.304 e. The summed E-state index contributed by atoms with van der Waals surface area (Å²) in [6.45, 7) is 3.93. The van der Waals surface area contributed by atoms with Crippen LogP contribution in [0.1, 0.15) is 11.3 Å². The van der Waals surface area contributed by atoms with E-state index in [2.05, 4.69) is 15.0 Å². The van der Waals surface area contributed by atoms with Gasteiger partial charge in [0.1, 0.15) is 10.4 Å². The van der Waals surface area contributed by atoms with Gasteiger partial charge in [-0.25, -0.2) is 9.97 Å². The molecule has 0 saturated carbocycles. The second kappa shape index (κ2) is 4.03. The minimum atomic E-state index is -0.106. The van der Waals surface area contributed by atoms with Gasteiger partial charge in [0.15, 0.2) is 5.82 Å². The van der Waals surface area contributed by atoms with E-state index in [1.807, 2.05) is 37.4 Å². The number of pyridine rings is 1. The predicted molar refractivity (Wildman–Crippen MR) is 72.9 cm³/mol. The zero-order chi connectivity index (χ0) is 12.7. The van der Waals surface area contributed by atoms with Crippen molar-refractivity contribution in [3.8, 4) is 11.5 Å². The Balaban J connectivity index is 2.27. The molecule has 0 saturated heterocycles. The highest BCUT2D eigenvalue weighted by atomic mass is 32.1. The van der Waals surface area contributed by atoms with Crippen molar-refractivity contribution in [3.63, 3.8) is 0 Å². The van der Waals surface area contributed by atoms with Gasteiger partial charge in [0.2, 0.25) is 0 Å². The first-order chi connectivity index (χ1) is 8.63. The van der Waals surface area contributed by atoms with Crippen molar-refractivity contribution in [2.45, 2.75) is 13.8 Å². The SMILES string of the molecule is Cc1cc(C)nc(-c2nc3ccsc3c(=O)[nH]2)c1. The van der Waals surface area contributed by atoms with Crippen LogP contribution >= 0.6 is 11.3 Å². The first-order valence-corrected chi connectivity index (χ1v) is 6.44. The van der Waals surface area contributed by atoms with Crippen LogP contribution in [0.25, 0.3) is 21.7 Å². The van der Waals surface area contributed by atoms with Crippen LogP contribution in [0.4, 0.5) is 0 Å². The van der Waals surface area contributed by atoms with E-state index >= 15 is 0 Å². The van der Waals surface area contributed by atoms with Crippen molar-refractivity contribution >= 4 is 21.6 Å². The molecule has 3 rings (SSSR count). The van der Waals surface area contributed by atoms with Crippen molar-refractivity contribution in [1.82, 2.24) is 15.0 Å². The summed E-state index contributed by atoms with van der Waals surface area (Å²) in [7, 11) is 0. The lowest BCUT2D eigenvalue weighted by atomic mass is 10.2. The molecule has 18 heavy (non-hydrogen) atoms. The fraction of sp³-hybridized carbons (Fsp3) is 0.154. The molecule has 0 aliphatic heterocycles. The van der Waals surface area contributed by atoms with E-state index < -0.39 is 0 Å². The molecule has 1 N–H and O–H groups in total. The summed E-state index contributed by atoms with van der Waals surface area (Å²) >= 11 is 1.40. The molecule has 0 aliphatic rings. The Morgan fingerprint density at radius 3 is 2.83 bits per heavy atom. The molecule has 0 amide bonds. The van der Waals surface area contributed by atoms with E-state index in [1.165, 1.54) is 11.3 Å². The molecule has 0 spiro atoms. The lowest BCUT2D eigenvalue weighted by molar-refractivity contribution is 1.11. The normalized spacial score (nSPS) is 11.0. The second-order valence-corrected chi connectivity index (χ2v) is 5.14. The number of hydrogen-bond donors (Lipinski definition) is 1. The van der Waals surface area contributed by atoms with Crippen LogP contribution in [0.15, 0.2) is 28.4 Å². The molecule has 5 heteroatoms. The Morgan fingerprint density at radius 1 is 1.22 bits per heavy atom. The van der Waals surface area contributed by atoms with Gasteiger partial charge in [0, 0.05) is 5.69 Å². The Morgan fingerprint density at radius 2 is 2.06 bits per heavy atom. The smallest absolute Gasteiger partial charge is 0.269 e. The molecule has 0 fully saturated rings. The Bertz CT molecular complexity index is 768. The molecule has 0 bridgehead atoms. The molecule has 0 aliphatic carbocycles. The monoisotopic (exact) mass is 257 g/mol. The molecule has 0 radical (unpaired) electrons. The second-order valence-electron chi connectivity index (χ2n) is 4.22. The van der Waals surface area contributed by atoms with Crippen LogP contribution in [0.3, 0.4) is 0 Å². The third-order valence-corrected chi connectivity index (χ3v) is 3.56. The maximum absolute atomic E-state index is 11.9. The van der Waals surface area contributed by atoms with Crippen molar-refractivity contribution in [2.24, 2.45) is 0 Å². The van der Waals surface area contributed by atoms with Crippen LogP contribution in [0, 0.1) is 13.8 Å². The first-order valence-electron chi connectivity index (χ1n) is 5.57. The minimum Gasteiger partial charge on any atom is -0.304 e. The lowest BCUT2D eigenvalue weighted by Crippen LogP contribution is -2.08. The summed E-state index contributed by atoms with van der Waals surface area (Å²) in [5.74, 6) is 0.526. The predicted octanol–water partition coefficient (Wildman–Crippen LogP) is 2.66. The summed E-state index contributed by atoms with van der Waals surface area (Å²) in [4.78, 5) is 23.5. The summed E-state index contributed by atoms with van der Waals surface area (Å²) < 4.78 is 0.656. The van der Waals surface area contributed by atoms with E-state index in [4.69, 9.17) is 0 Å². The molecule has 0 aromatic carbocycles. The summed E-state index contributed by atoms with van der Waals surface area (Å²) in [5.41, 5.74) is 3.34. The standard InChI is InChI=1S/C13H11N3OS/c1-7-5-8(2)14-10(6-7)12-15-9-3-4-18-11(9)13(17)16-12/h3-6H,1-2H3,(H,15,16,17). The molecule has 3 heterocycles. The number of nitrogens with zero attached hydrogens (tertiary/aromatic N) is 2. The average molecular weight is 257 g/mol. The molecular weight excluding hydrogens is 246 g/mol. The minimum absolute atomic E-state index is 0.106. The number of hydrogen-bond acceptors (Lipinski definition) is 4. The quantitative estimate of drug-likeness (QED) is 0.729. The molecular formula is C13H11N3OS. The third-order valence-electron chi connectivity index (χ3n) is 2.66. The van der Waals surface area contributed by atoms with Crippen molar-refractivity contribution in [2.75, 3.05) is 0 Å². The highest BCUT2D eigenvalue weighted by Crippen LogP contribution is 2.19. The molecule has 4 nitrogen and oxygen atoms in total. The summed E-state index contributed by atoms with van der Waals surface area (Å²) in [6.07, 6.45) is 0. The van der Waals surface area contributed by atoms with Gasteiger partial charge in [0.25, 0.3) is 5.56 Å².